The molecule has 86 valence electrons. The number of nitrogen functional groups attached to an aromatic ring is 1. The van der Waals surface area contributed by atoms with Crippen molar-refractivity contribution in [3.05, 3.63) is 35.5 Å². The number of rotatable bonds is 1. The number of anilines is 1. The van der Waals surface area contributed by atoms with Crippen LogP contribution < -0.4 is 5.73 Å². The lowest BCUT2D eigenvalue weighted by Crippen LogP contribution is -1.96. The van der Waals surface area contributed by atoms with E-state index in [4.69, 9.17) is 17.3 Å². The SMILES string of the molecule is Cn1nc(-c2c[nH]c3cc(Cl)ccc23)cc1N. The zero-order valence-corrected chi connectivity index (χ0v) is 9.99. The smallest absolute Gasteiger partial charge is 0.121 e. The summed E-state index contributed by atoms with van der Waals surface area (Å²) in [4.78, 5) is 3.18. The number of aromatic nitrogens is 3. The van der Waals surface area contributed by atoms with E-state index in [1.807, 2.05) is 37.5 Å². The molecule has 17 heavy (non-hydrogen) atoms. The summed E-state index contributed by atoms with van der Waals surface area (Å²) in [6.07, 6.45) is 1.92. The maximum Gasteiger partial charge on any atom is 0.121 e. The summed E-state index contributed by atoms with van der Waals surface area (Å²) >= 11 is 5.94. The highest BCUT2D eigenvalue weighted by molar-refractivity contribution is 6.31. The fourth-order valence-electron chi connectivity index (χ4n) is 1.92. The van der Waals surface area contributed by atoms with Gasteiger partial charge in [-0.25, -0.2) is 0 Å². The van der Waals surface area contributed by atoms with Crippen molar-refractivity contribution >= 4 is 28.3 Å². The van der Waals surface area contributed by atoms with Gasteiger partial charge >= 0.3 is 0 Å². The highest BCUT2D eigenvalue weighted by atomic mass is 35.5. The molecule has 5 heteroatoms. The Hall–Kier alpha value is -1.94. The molecule has 3 rings (SSSR count). The van der Waals surface area contributed by atoms with Gasteiger partial charge in [-0.3, -0.25) is 4.68 Å². The highest BCUT2D eigenvalue weighted by Gasteiger charge is 2.10. The van der Waals surface area contributed by atoms with Crippen molar-refractivity contribution in [3.63, 3.8) is 0 Å². The second kappa shape index (κ2) is 3.53. The van der Waals surface area contributed by atoms with Crippen LogP contribution in [0.3, 0.4) is 0 Å². The first-order chi connectivity index (χ1) is 8.15. The maximum absolute atomic E-state index is 5.94. The number of fused-ring (bicyclic) bond motifs is 1. The summed E-state index contributed by atoms with van der Waals surface area (Å²) < 4.78 is 1.66. The maximum atomic E-state index is 5.94. The number of aromatic amines is 1. The largest absolute Gasteiger partial charge is 0.384 e. The molecular weight excluding hydrogens is 236 g/mol. The monoisotopic (exact) mass is 246 g/mol. The molecule has 0 atom stereocenters. The number of benzene rings is 1. The lowest BCUT2D eigenvalue weighted by atomic mass is 10.1. The van der Waals surface area contributed by atoms with E-state index >= 15 is 0 Å². The predicted octanol–water partition coefficient (Wildman–Crippen LogP) is 2.80. The fourth-order valence-corrected chi connectivity index (χ4v) is 2.10. The minimum Gasteiger partial charge on any atom is -0.384 e. The third-order valence-corrected chi connectivity index (χ3v) is 3.07. The number of hydrogen-bond acceptors (Lipinski definition) is 2. The molecule has 0 bridgehead atoms. The van der Waals surface area contributed by atoms with Crippen molar-refractivity contribution < 1.29 is 0 Å². The predicted molar refractivity (Wildman–Crippen MR) is 69.9 cm³/mol. The van der Waals surface area contributed by atoms with Crippen LogP contribution in [0, 0.1) is 0 Å². The highest BCUT2D eigenvalue weighted by Crippen LogP contribution is 2.29. The number of aryl methyl sites for hydroxylation is 1. The van der Waals surface area contributed by atoms with Crippen molar-refractivity contribution in [3.8, 4) is 11.3 Å². The summed E-state index contributed by atoms with van der Waals surface area (Å²) in [5.41, 5.74) is 8.67. The minimum absolute atomic E-state index is 0.642. The Labute approximate surface area is 103 Å². The molecule has 0 aliphatic rings. The van der Waals surface area contributed by atoms with E-state index in [1.54, 1.807) is 4.68 Å². The van der Waals surface area contributed by atoms with Gasteiger partial charge in [-0.2, -0.15) is 5.10 Å². The van der Waals surface area contributed by atoms with Crippen LogP contribution >= 0.6 is 11.6 Å². The Kier molecular flexibility index (Phi) is 2.12. The van der Waals surface area contributed by atoms with Crippen LogP contribution in [0.4, 0.5) is 5.82 Å². The first-order valence-electron chi connectivity index (χ1n) is 5.21. The molecule has 0 radical (unpaired) electrons. The number of halogens is 1. The fraction of sp³-hybridized carbons (Fsp3) is 0.0833. The average Bonchev–Trinajstić information content (AvgIpc) is 2.83. The Balaban J connectivity index is 2.24. The molecule has 2 aromatic heterocycles. The van der Waals surface area contributed by atoms with E-state index in [0.29, 0.717) is 10.8 Å². The molecule has 3 aromatic rings. The van der Waals surface area contributed by atoms with Gasteiger partial charge in [0.05, 0.1) is 5.69 Å². The van der Waals surface area contributed by atoms with Crippen molar-refractivity contribution in [1.82, 2.24) is 14.8 Å². The zero-order chi connectivity index (χ0) is 12.0. The molecule has 3 N–H and O–H groups in total. The topological polar surface area (TPSA) is 59.6 Å². The van der Waals surface area contributed by atoms with Gasteiger partial charge in [-0.1, -0.05) is 17.7 Å². The average molecular weight is 247 g/mol. The molecule has 2 heterocycles. The van der Waals surface area contributed by atoms with Crippen molar-refractivity contribution in [2.75, 3.05) is 5.73 Å². The van der Waals surface area contributed by atoms with Crippen LogP contribution in [0.5, 0.6) is 0 Å². The number of nitrogens with one attached hydrogen (secondary N) is 1. The number of hydrogen-bond donors (Lipinski definition) is 2. The molecule has 0 aliphatic heterocycles. The van der Waals surface area contributed by atoms with Crippen molar-refractivity contribution in [1.29, 1.82) is 0 Å². The van der Waals surface area contributed by atoms with E-state index in [-0.39, 0.29) is 0 Å². The van der Waals surface area contributed by atoms with Crippen LogP contribution in [0.1, 0.15) is 0 Å². The molecule has 0 saturated heterocycles. The van der Waals surface area contributed by atoms with Gasteiger partial charge in [0, 0.05) is 40.8 Å². The van der Waals surface area contributed by atoms with Crippen LogP contribution in [0.15, 0.2) is 30.5 Å². The van der Waals surface area contributed by atoms with Gasteiger partial charge < -0.3 is 10.7 Å². The number of nitrogens with two attached hydrogens (primary N) is 1. The van der Waals surface area contributed by atoms with E-state index in [1.165, 1.54) is 0 Å². The van der Waals surface area contributed by atoms with E-state index in [0.717, 1.165) is 22.2 Å². The van der Waals surface area contributed by atoms with E-state index in [2.05, 4.69) is 10.1 Å². The lowest BCUT2D eigenvalue weighted by Gasteiger charge is -1.94. The third-order valence-electron chi connectivity index (χ3n) is 2.84. The molecule has 0 fully saturated rings. The lowest BCUT2D eigenvalue weighted by molar-refractivity contribution is 0.782. The Bertz CT molecular complexity index is 676. The van der Waals surface area contributed by atoms with Crippen molar-refractivity contribution in [2.24, 2.45) is 7.05 Å². The van der Waals surface area contributed by atoms with Gasteiger partial charge in [-0.15, -0.1) is 0 Å². The van der Waals surface area contributed by atoms with Gasteiger partial charge in [0.1, 0.15) is 5.82 Å². The summed E-state index contributed by atoms with van der Waals surface area (Å²) in [5.74, 6) is 0.642. The molecule has 1 aromatic carbocycles. The Morgan fingerprint density at radius 1 is 1.35 bits per heavy atom. The third kappa shape index (κ3) is 1.57. The van der Waals surface area contributed by atoms with Gasteiger partial charge in [0.25, 0.3) is 0 Å². The van der Waals surface area contributed by atoms with Crippen LogP contribution in [0.2, 0.25) is 5.02 Å². The Morgan fingerprint density at radius 3 is 2.88 bits per heavy atom. The first kappa shape index (κ1) is 10.2. The molecular formula is C12H11ClN4. The van der Waals surface area contributed by atoms with E-state index in [9.17, 15) is 0 Å². The summed E-state index contributed by atoms with van der Waals surface area (Å²) in [6.45, 7) is 0. The Morgan fingerprint density at radius 2 is 2.18 bits per heavy atom. The summed E-state index contributed by atoms with van der Waals surface area (Å²) in [7, 11) is 1.82. The van der Waals surface area contributed by atoms with Crippen LogP contribution in [-0.2, 0) is 7.05 Å². The minimum atomic E-state index is 0.642. The second-order valence-electron chi connectivity index (χ2n) is 3.97. The molecule has 0 saturated carbocycles. The van der Waals surface area contributed by atoms with E-state index < -0.39 is 0 Å². The zero-order valence-electron chi connectivity index (χ0n) is 9.24. The molecule has 0 spiro atoms. The van der Waals surface area contributed by atoms with Gasteiger partial charge in [0.15, 0.2) is 0 Å². The van der Waals surface area contributed by atoms with Gasteiger partial charge in [0.2, 0.25) is 0 Å². The molecule has 0 amide bonds. The standard InChI is InChI=1S/C12H11ClN4/c1-17-12(14)5-11(16-17)9-6-15-10-4-7(13)2-3-8(9)10/h2-6,15H,14H2,1H3. The van der Waals surface area contributed by atoms with Crippen molar-refractivity contribution in [2.45, 2.75) is 0 Å². The first-order valence-corrected chi connectivity index (χ1v) is 5.59. The number of nitrogens with zero attached hydrogens (tertiary/aromatic N) is 2. The number of H-pyrrole nitrogens is 1. The quantitative estimate of drug-likeness (QED) is 0.694. The van der Waals surface area contributed by atoms with Gasteiger partial charge in [-0.05, 0) is 12.1 Å². The normalized spacial score (nSPS) is 11.2. The summed E-state index contributed by atoms with van der Waals surface area (Å²) in [5, 5.41) is 6.17. The molecule has 0 unspecified atom stereocenters. The second-order valence-corrected chi connectivity index (χ2v) is 4.41. The molecule has 0 aliphatic carbocycles. The molecule has 4 nitrogen and oxygen atoms in total. The summed E-state index contributed by atoms with van der Waals surface area (Å²) in [6, 6.07) is 7.60. The van der Waals surface area contributed by atoms with Crippen LogP contribution in [0.25, 0.3) is 22.2 Å². The van der Waals surface area contributed by atoms with Crippen LogP contribution in [-0.4, -0.2) is 14.8 Å².